The topological polar surface area (TPSA) is 134 Å². The number of carbonyl (C=O) groups is 2. The van der Waals surface area contributed by atoms with Crippen molar-refractivity contribution in [2.75, 3.05) is 18.5 Å². The van der Waals surface area contributed by atoms with E-state index < -0.39 is 16.4 Å². The number of ether oxygens (including phenoxy) is 1. The minimum atomic E-state index is -0.738. The largest absolute Gasteiger partial charge is 0.417 e. The van der Waals surface area contributed by atoms with Gasteiger partial charge in [-0.25, -0.2) is 9.80 Å². The summed E-state index contributed by atoms with van der Waals surface area (Å²) in [5.74, 6) is 0.0322. The summed E-state index contributed by atoms with van der Waals surface area (Å²) in [4.78, 5) is 34.6. The number of non-ortho nitro benzene ring substituents is 1. The number of β-amino-alcohol motifs (C(OH)–C–C–N with tert-alkyl or cyclic N) is 1. The van der Waals surface area contributed by atoms with Crippen LogP contribution in [-0.4, -0.2) is 45.9 Å². The van der Waals surface area contributed by atoms with E-state index in [1.165, 1.54) is 29.3 Å². The Morgan fingerprint density at radius 1 is 1.23 bits per heavy atom. The molecule has 0 fully saturated rings. The molecule has 0 saturated carbocycles. The minimum Gasteiger partial charge on any atom is -0.410 e. The molecule has 2 N–H and O–H groups in total. The van der Waals surface area contributed by atoms with Gasteiger partial charge in [-0.15, -0.1) is 0 Å². The zero-order valence-electron chi connectivity index (χ0n) is 17.1. The fraction of sp³-hybridized carbons (Fsp3) is 0.286. The van der Waals surface area contributed by atoms with Gasteiger partial charge in [0.2, 0.25) is 5.91 Å². The van der Waals surface area contributed by atoms with Crippen molar-refractivity contribution in [3.8, 4) is 5.75 Å². The van der Waals surface area contributed by atoms with Gasteiger partial charge in [-0.05, 0) is 29.8 Å². The summed E-state index contributed by atoms with van der Waals surface area (Å²) in [5, 5.41) is 28.1. The first kappa shape index (κ1) is 21.9. The summed E-state index contributed by atoms with van der Waals surface area (Å²) in [6, 6.07) is 12.0. The molecule has 0 aliphatic carbocycles. The first-order valence-electron chi connectivity index (χ1n) is 9.53. The molecule has 1 heterocycles. The zero-order valence-corrected chi connectivity index (χ0v) is 17.1. The Labute approximate surface area is 178 Å². The first-order chi connectivity index (χ1) is 14.7. The molecule has 0 unspecified atom stereocenters. The van der Waals surface area contributed by atoms with Crippen molar-refractivity contribution in [1.82, 2.24) is 5.01 Å². The lowest BCUT2D eigenvalue weighted by atomic mass is 9.83. The molecular weight excluding hydrogens is 404 g/mol. The predicted octanol–water partition coefficient (Wildman–Crippen LogP) is 3.16. The number of aliphatic hydroxyl groups is 1. The lowest BCUT2D eigenvalue weighted by Gasteiger charge is -2.34. The van der Waals surface area contributed by atoms with Gasteiger partial charge < -0.3 is 9.84 Å². The number of hydrogen-bond acceptors (Lipinski definition) is 7. The van der Waals surface area contributed by atoms with Crippen LogP contribution in [-0.2, 0) is 4.79 Å². The molecule has 0 radical (unpaired) electrons. The average Bonchev–Trinajstić information content (AvgIpc) is 2.72. The molecule has 2 amide bonds. The highest BCUT2D eigenvalue weighted by Crippen LogP contribution is 2.31. The molecule has 1 aliphatic heterocycles. The molecule has 0 spiro atoms. The maximum absolute atomic E-state index is 12.4. The first-order valence-corrected chi connectivity index (χ1v) is 9.53. The Balaban J connectivity index is 1.67. The molecule has 0 bridgehead atoms. The predicted molar refractivity (Wildman–Crippen MR) is 113 cm³/mol. The fourth-order valence-corrected chi connectivity index (χ4v) is 3.11. The maximum Gasteiger partial charge on any atom is 0.417 e. The Morgan fingerprint density at radius 3 is 2.45 bits per heavy atom. The number of nitrogens with one attached hydrogen (secondary N) is 1. The number of nitro groups is 1. The van der Waals surface area contributed by atoms with Crippen LogP contribution in [0.1, 0.15) is 25.8 Å². The number of benzene rings is 2. The summed E-state index contributed by atoms with van der Waals surface area (Å²) >= 11 is 0. The number of nitro benzene ring substituents is 1. The lowest BCUT2D eigenvalue weighted by Crippen LogP contribution is -2.45. The average molecular weight is 426 g/mol. The number of anilines is 1. The Morgan fingerprint density at radius 2 is 1.87 bits per heavy atom. The summed E-state index contributed by atoms with van der Waals surface area (Å²) in [7, 11) is 0. The van der Waals surface area contributed by atoms with Gasteiger partial charge in [-0.1, -0.05) is 26.0 Å². The van der Waals surface area contributed by atoms with Gasteiger partial charge in [0.15, 0.2) is 0 Å². The molecule has 0 saturated heterocycles. The Hall–Kier alpha value is -3.79. The number of amides is 2. The maximum atomic E-state index is 12.4. The summed E-state index contributed by atoms with van der Waals surface area (Å²) in [6.07, 6.45) is -0.291. The number of hydrogen-bond donors (Lipinski definition) is 2. The molecule has 1 aliphatic rings. The standard InChI is InChI=1S/C21H22N4O6/c1-21(2)13-18(23-24(11-12-26)19(21)27)14-3-5-15(6-4-14)22-20(28)31-17-9-7-16(8-10-17)25(29)30/h3-10,26H,11-13H2,1-2H3,(H,22,28). The SMILES string of the molecule is CC1(C)CC(c2ccc(NC(=O)Oc3ccc([N+](=O)[O-])cc3)cc2)=NN(CCO)C1=O. The smallest absolute Gasteiger partial charge is 0.410 e. The van der Waals surface area contributed by atoms with E-state index >= 15 is 0 Å². The third kappa shape index (κ3) is 5.23. The van der Waals surface area contributed by atoms with Crippen LogP contribution in [0.15, 0.2) is 53.6 Å². The van der Waals surface area contributed by atoms with E-state index in [9.17, 15) is 24.8 Å². The van der Waals surface area contributed by atoms with Crippen LogP contribution in [0.5, 0.6) is 5.75 Å². The van der Waals surface area contributed by atoms with Crippen LogP contribution in [0.2, 0.25) is 0 Å². The number of aliphatic hydroxyl groups excluding tert-OH is 1. The van der Waals surface area contributed by atoms with Crippen LogP contribution in [0, 0.1) is 15.5 Å². The quantitative estimate of drug-likeness (QED) is 0.538. The van der Waals surface area contributed by atoms with Crippen LogP contribution in [0.4, 0.5) is 16.2 Å². The van der Waals surface area contributed by atoms with Crippen LogP contribution in [0.3, 0.4) is 0 Å². The second-order valence-electron chi connectivity index (χ2n) is 7.60. The van der Waals surface area contributed by atoms with E-state index in [2.05, 4.69) is 10.4 Å². The third-order valence-corrected chi connectivity index (χ3v) is 4.70. The number of hydrazone groups is 1. The molecule has 162 valence electrons. The highest BCUT2D eigenvalue weighted by Gasteiger charge is 2.37. The lowest BCUT2D eigenvalue weighted by molar-refractivity contribution is -0.384. The summed E-state index contributed by atoms with van der Waals surface area (Å²) in [6.45, 7) is 3.61. The number of nitrogens with zero attached hydrogens (tertiary/aromatic N) is 3. The van der Waals surface area contributed by atoms with Gasteiger partial charge in [0, 0.05) is 24.2 Å². The molecule has 31 heavy (non-hydrogen) atoms. The molecule has 10 nitrogen and oxygen atoms in total. The molecule has 3 rings (SSSR count). The molecular formula is C21H22N4O6. The van der Waals surface area contributed by atoms with Crippen LogP contribution >= 0.6 is 0 Å². The zero-order chi connectivity index (χ0) is 22.6. The van der Waals surface area contributed by atoms with Gasteiger partial charge >= 0.3 is 6.09 Å². The van der Waals surface area contributed by atoms with Crippen molar-refractivity contribution in [3.05, 3.63) is 64.2 Å². The fourth-order valence-electron chi connectivity index (χ4n) is 3.11. The van der Waals surface area contributed by atoms with E-state index in [1.807, 2.05) is 13.8 Å². The molecule has 0 aromatic heterocycles. The second-order valence-corrected chi connectivity index (χ2v) is 7.60. The van der Waals surface area contributed by atoms with Crippen molar-refractivity contribution >= 4 is 29.1 Å². The Bertz CT molecular complexity index is 1020. The van der Waals surface area contributed by atoms with Gasteiger partial charge in [0.1, 0.15) is 5.75 Å². The molecule has 0 atom stereocenters. The van der Waals surface area contributed by atoms with Gasteiger partial charge in [0.05, 0.1) is 29.2 Å². The highest BCUT2D eigenvalue weighted by atomic mass is 16.6. The van der Waals surface area contributed by atoms with Crippen molar-refractivity contribution in [2.24, 2.45) is 10.5 Å². The van der Waals surface area contributed by atoms with E-state index in [-0.39, 0.29) is 30.5 Å². The van der Waals surface area contributed by atoms with E-state index in [1.54, 1.807) is 24.3 Å². The van der Waals surface area contributed by atoms with Crippen LogP contribution < -0.4 is 10.1 Å². The van der Waals surface area contributed by atoms with Crippen molar-refractivity contribution in [1.29, 1.82) is 0 Å². The van der Waals surface area contributed by atoms with Crippen molar-refractivity contribution in [2.45, 2.75) is 20.3 Å². The van der Waals surface area contributed by atoms with Gasteiger partial charge in [-0.3, -0.25) is 20.2 Å². The van der Waals surface area contributed by atoms with Gasteiger partial charge in [-0.2, -0.15) is 5.10 Å². The molecule has 10 heteroatoms. The van der Waals surface area contributed by atoms with Crippen LogP contribution in [0.25, 0.3) is 0 Å². The molecule has 2 aromatic carbocycles. The van der Waals surface area contributed by atoms with Crippen molar-refractivity contribution < 1.29 is 24.4 Å². The van der Waals surface area contributed by atoms with E-state index in [0.717, 1.165) is 5.56 Å². The van der Waals surface area contributed by atoms with Crippen molar-refractivity contribution in [3.63, 3.8) is 0 Å². The normalized spacial score (nSPS) is 15.3. The summed E-state index contributed by atoms with van der Waals surface area (Å²) in [5.41, 5.74) is 1.24. The second kappa shape index (κ2) is 8.92. The number of carbonyl (C=O) groups excluding carboxylic acids is 2. The Kier molecular flexibility index (Phi) is 6.30. The van der Waals surface area contributed by atoms with E-state index in [0.29, 0.717) is 17.8 Å². The minimum absolute atomic E-state index is 0.101. The summed E-state index contributed by atoms with van der Waals surface area (Å²) < 4.78 is 5.12. The van der Waals surface area contributed by atoms with Gasteiger partial charge in [0.25, 0.3) is 5.69 Å². The third-order valence-electron chi connectivity index (χ3n) is 4.70. The van der Waals surface area contributed by atoms with E-state index in [4.69, 9.17) is 4.74 Å². The molecule has 2 aromatic rings. The monoisotopic (exact) mass is 426 g/mol. The highest BCUT2D eigenvalue weighted by molar-refractivity contribution is 6.06. The number of rotatable bonds is 6.